The van der Waals surface area contributed by atoms with Gasteiger partial charge in [-0.1, -0.05) is 0 Å². The van der Waals surface area contributed by atoms with Crippen LogP contribution in [0.1, 0.15) is 12.8 Å². The molecule has 33 heavy (non-hydrogen) atoms. The number of amides is 1. The lowest BCUT2D eigenvalue weighted by molar-refractivity contribution is -0.120. The first kappa shape index (κ1) is 25.1. The maximum Gasteiger partial charge on any atom is 0.243 e. The summed E-state index contributed by atoms with van der Waals surface area (Å²) in [5.41, 5.74) is 0.170. The van der Waals surface area contributed by atoms with Gasteiger partial charge in [0.05, 0.1) is 28.5 Å². The standard InChI is InChI=1S/C21H26FN3O6S2/c1-24(2)32(27,28)18-10-11-20(31-3)19(13-18)23-21(26)15-5-4-12-25(14-15)33(29,30)17-8-6-16(22)7-9-17/h6-11,13,15H,4-5,12,14H2,1-3H3,(H,23,26). The molecule has 0 aliphatic carbocycles. The van der Waals surface area contributed by atoms with Crippen molar-refractivity contribution in [2.24, 2.45) is 5.92 Å². The summed E-state index contributed by atoms with van der Waals surface area (Å²) in [5, 5.41) is 2.68. The maximum atomic E-state index is 13.2. The van der Waals surface area contributed by atoms with Gasteiger partial charge >= 0.3 is 0 Å². The fourth-order valence-corrected chi connectivity index (χ4v) is 5.97. The van der Waals surface area contributed by atoms with Gasteiger partial charge < -0.3 is 10.1 Å². The average Bonchev–Trinajstić information content (AvgIpc) is 2.79. The molecule has 1 N–H and O–H groups in total. The Morgan fingerprint density at radius 3 is 2.33 bits per heavy atom. The molecule has 1 amide bonds. The molecule has 0 spiro atoms. The molecule has 1 heterocycles. The van der Waals surface area contributed by atoms with E-state index in [1.165, 1.54) is 55.8 Å². The van der Waals surface area contributed by atoms with Crippen molar-refractivity contribution in [3.05, 3.63) is 48.3 Å². The fourth-order valence-electron chi connectivity index (χ4n) is 3.52. The second-order valence-electron chi connectivity index (χ2n) is 7.79. The van der Waals surface area contributed by atoms with Crippen molar-refractivity contribution < 1.29 is 30.8 Å². The summed E-state index contributed by atoms with van der Waals surface area (Å²) in [5.74, 6) is -1.38. The van der Waals surface area contributed by atoms with Crippen LogP contribution in [-0.2, 0) is 24.8 Å². The third-order valence-electron chi connectivity index (χ3n) is 5.41. The molecular formula is C21H26FN3O6S2. The second-order valence-corrected chi connectivity index (χ2v) is 11.9. The highest BCUT2D eigenvalue weighted by Gasteiger charge is 2.33. The van der Waals surface area contributed by atoms with Gasteiger partial charge in [-0.3, -0.25) is 4.79 Å². The lowest BCUT2D eigenvalue weighted by atomic mass is 9.98. The Labute approximate surface area is 193 Å². The number of nitrogens with zero attached hydrogens (tertiary/aromatic N) is 2. The minimum absolute atomic E-state index is 0.0206. The number of nitrogens with one attached hydrogen (secondary N) is 1. The van der Waals surface area contributed by atoms with Crippen LogP contribution >= 0.6 is 0 Å². The Bertz CT molecular complexity index is 1230. The molecule has 0 bridgehead atoms. The lowest BCUT2D eigenvalue weighted by Crippen LogP contribution is -2.43. The number of halogens is 1. The zero-order chi connectivity index (χ0) is 24.4. The van der Waals surface area contributed by atoms with Gasteiger partial charge in [-0.2, -0.15) is 4.31 Å². The number of benzene rings is 2. The third kappa shape index (κ3) is 5.35. The van der Waals surface area contributed by atoms with Gasteiger partial charge in [0.2, 0.25) is 26.0 Å². The summed E-state index contributed by atoms with van der Waals surface area (Å²) in [6.45, 7) is 0.187. The highest BCUT2D eigenvalue weighted by Crippen LogP contribution is 2.30. The lowest BCUT2D eigenvalue weighted by Gasteiger charge is -2.31. The van der Waals surface area contributed by atoms with Gasteiger partial charge in [0.15, 0.2) is 0 Å². The van der Waals surface area contributed by atoms with E-state index in [1.54, 1.807) is 0 Å². The first-order valence-corrected chi connectivity index (χ1v) is 13.0. The van der Waals surface area contributed by atoms with Crippen molar-refractivity contribution in [3.8, 4) is 5.75 Å². The van der Waals surface area contributed by atoms with Crippen molar-refractivity contribution in [1.29, 1.82) is 0 Å². The van der Waals surface area contributed by atoms with Crippen LogP contribution in [0.15, 0.2) is 52.3 Å². The summed E-state index contributed by atoms with van der Waals surface area (Å²) in [6, 6.07) is 8.65. The largest absolute Gasteiger partial charge is 0.495 e. The molecule has 2 aromatic rings. The third-order valence-corrected chi connectivity index (χ3v) is 9.10. The van der Waals surface area contributed by atoms with Gasteiger partial charge in [0.25, 0.3) is 0 Å². The van der Waals surface area contributed by atoms with Gasteiger partial charge in [-0.15, -0.1) is 0 Å². The summed E-state index contributed by atoms with van der Waals surface area (Å²) in [4.78, 5) is 12.9. The van der Waals surface area contributed by atoms with Crippen molar-refractivity contribution in [3.63, 3.8) is 0 Å². The number of hydrogen-bond acceptors (Lipinski definition) is 6. The molecule has 1 atom stereocenters. The maximum absolute atomic E-state index is 13.2. The summed E-state index contributed by atoms with van der Waals surface area (Å²) in [7, 11) is -3.43. The molecule has 0 saturated carbocycles. The Morgan fingerprint density at radius 2 is 1.73 bits per heavy atom. The van der Waals surface area contributed by atoms with E-state index in [4.69, 9.17) is 4.74 Å². The zero-order valence-corrected chi connectivity index (χ0v) is 20.1. The molecule has 1 aliphatic heterocycles. The summed E-state index contributed by atoms with van der Waals surface area (Å²) < 4.78 is 71.5. The normalized spacial score (nSPS) is 17.7. The predicted molar refractivity (Wildman–Crippen MR) is 120 cm³/mol. The second kappa shape index (κ2) is 9.75. The molecule has 1 fully saturated rings. The highest BCUT2D eigenvalue weighted by molar-refractivity contribution is 7.89. The van der Waals surface area contributed by atoms with Gasteiger partial charge in [-0.05, 0) is 55.3 Å². The fraction of sp³-hybridized carbons (Fsp3) is 0.381. The van der Waals surface area contributed by atoms with Gasteiger partial charge in [0.1, 0.15) is 11.6 Å². The number of piperidine rings is 1. The molecule has 1 saturated heterocycles. The molecule has 3 rings (SSSR count). The highest BCUT2D eigenvalue weighted by atomic mass is 32.2. The molecule has 9 nitrogen and oxygen atoms in total. The molecule has 0 radical (unpaired) electrons. The van der Waals surface area contributed by atoms with Crippen LogP contribution in [0.2, 0.25) is 0 Å². The van der Waals surface area contributed by atoms with Crippen LogP contribution in [0.5, 0.6) is 5.75 Å². The average molecular weight is 500 g/mol. The van der Waals surface area contributed by atoms with E-state index in [2.05, 4.69) is 5.32 Å². The molecule has 1 aliphatic rings. The number of methoxy groups -OCH3 is 1. The quantitative estimate of drug-likeness (QED) is 0.625. The van der Waals surface area contributed by atoms with Crippen molar-refractivity contribution in [2.45, 2.75) is 22.6 Å². The topological polar surface area (TPSA) is 113 Å². The van der Waals surface area contributed by atoms with E-state index < -0.39 is 37.7 Å². The SMILES string of the molecule is COc1ccc(S(=O)(=O)N(C)C)cc1NC(=O)C1CCCN(S(=O)(=O)c2ccc(F)cc2)C1. The van der Waals surface area contributed by atoms with Crippen molar-refractivity contribution in [1.82, 2.24) is 8.61 Å². The van der Waals surface area contributed by atoms with E-state index in [0.29, 0.717) is 12.8 Å². The number of carbonyl (C=O) groups is 1. The Kier molecular flexibility index (Phi) is 7.42. The molecule has 0 aromatic heterocycles. The molecule has 2 aromatic carbocycles. The van der Waals surface area contributed by atoms with Crippen LogP contribution in [0.4, 0.5) is 10.1 Å². The molecule has 1 unspecified atom stereocenters. The first-order chi connectivity index (χ1) is 15.5. The Hall–Kier alpha value is -2.54. The van der Waals surface area contributed by atoms with Gasteiger partial charge in [0, 0.05) is 27.2 Å². The van der Waals surface area contributed by atoms with E-state index in [1.807, 2.05) is 0 Å². The van der Waals surface area contributed by atoms with Gasteiger partial charge in [-0.25, -0.2) is 25.5 Å². The summed E-state index contributed by atoms with van der Waals surface area (Å²) >= 11 is 0. The Morgan fingerprint density at radius 1 is 1.09 bits per heavy atom. The number of carbonyl (C=O) groups excluding carboxylic acids is 1. The molecular weight excluding hydrogens is 473 g/mol. The van der Waals surface area contributed by atoms with Crippen LogP contribution in [0.3, 0.4) is 0 Å². The van der Waals surface area contributed by atoms with Crippen LogP contribution in [-0.4, -0.2) is 65.6 Å². The number of ether oxygens (including phenoxy) is 1. The van der Waals surface area contributed by atoms with E-state index in [9.17, 15) is 26.0 Å². The van der Waals surface area contributed by atoms with Crippen LogP contribution < -0.4 is 10.1 Å². The smallest absolute Gasteiger partial charge is 0.243 e. The van der Waals surface area contributed by atoms with Crippen LogP contribution in [0.25, 0.3) is 0 Å². The monoisotopic (exact) mass is 499 g/mol. The summed E-state index contributed by atoms with van der Waals surface area (Å²) in [6.07, 6.45) is 0.921. The minimum atomic E-state index is -3.89. The number of rotatable bonds is 7. The first-order valence-electron chi connectivity index (χ1n) is 10.1. The predicted octanol–water partition coefficient (Wildman–Crippen LogP) is 2.12. The zero-order valence-electron chi connectivity index (χ0n) is 18.5. The Balaban J connectivity index is 1.81. The van der Waals surface area contributed by atoms with E-state index >= 15 is 0 Å². The molecule has 180 valence electrons. The number of sulfonamides is 2. The van der Waals surface area contributed by atoms with Crippen molar-refractivity contribution >= 4 is 31.6 Å². The van der Waals surface area contributed by atoms with E-state index in [-0.39, 0.29) is 34.3 Å². The number of anilines is 1. The van der Waals surface area contributed by atoms with Crippen molar-refractivity contribution in [2.75, 3.05) is 39.6 Å². The minimum Gasteiger partial charge on any atom is -0.495 e. The molecule has 12 heteroatoms. The van der Waals surface area contributed by atoms with Crippen LogP contribution in [0, 0.1) is 11.7 Å². The van der Waals surface area contributed by atoms with E-state index in [0.717, 1.165) is 16.4 Å². The number of hydrogen-bond donors (Lipinski definition) is 1.